The van der Waals surface area contributed by atoms with Gasteiger partial charge in [-0.1, -0.05) is 17.7 Å². The van der Waals surface area contributed by atoms with Gasteiger partial charge in [0.1, 0.15) is 5.65 Å². The molecule has 0 atom stereocenters. The quantitative estimate of drug-likeness (QED) is 0.783. The number of nitrogens with one attached hydrogen (secondary N) is 1. The van der Waals surface area contributed by atoms with Crippen LogP contribution >= 0.6 is 11.6 Å². The molecular formula is C16H12ClN3O3. The Balaban J connectivity index is 1.85. The van der Waals surface area contributed by atoms with Crippen molar-refractivity contribution in [2.24, 2.45) is 0 Å². The van der Waals surface area contributed by atoms with Crippen molar-refractivity contribution in [2.45, 2.75) is 6.92 Å². The van der Waals surface area contributed by atoms with Crippen LogP contribution in [0.4, 0.5) is 10.5 Å². The number of pyridine rings is 1. The van der Waals surface area contributed by atoms with Crippen LogP contribution in [0, 0.1) is 6.92 Å². The third-order valence-corrected chi connectivity index (χ3v) is 3.44. The molecule has 2 aromatic heterocycles. The van der Waals surface area contributed by atoms with Gasteiger partial charge >= 0.3 is 11.7 Å². The standard InChI is InChI=1S/C16H12ClN3O3/c1-10-3-2-4-14-18-9-13(15(21)20(10)14)23-16(22)19-12-7-5-11(17)6-8-12/h2-9H,1H3,(H,19,22). The number of carbonyl (C=O) groups excluding carboxylic acids is 1. The first-order valence-corrected chi connectivity index (χ1v) is 7.14. The Morgan fingerprint density at radius 2 is 1.96 bits per heavy atom. The van der Waals surface area contributed by atoms with E-state index in [0.29, 0.717) is 22.1 Å². The molecule has 6 nitrogen and oxygen atoms in total. The first-order chi connectivity index (χ1) is 11.0. The summed E-state index contributed by atoms with van der Waals surface area (Å²) in [5.41, 5.74) is 1.24. The van der Waals surface area contributed by atoms with E-state index in [0.717, 1.165) is 0 Å². The molecular weight excluding hydrogens is 318 g/mol. The van der Waals surface area contributed by atoms with Gasteiger partial charge in [-0.05, 0) is 43.3 Å². The molecule has 0 aliphatic carbocycles. The SMILES string of the molecule is Cc1cccc2ncc(OC(=O)Nc3ccc(Cl)cc3)c(=O)n12. The van der Waals surface area contributed by atoms with Gasteiger partial charge in [-0.15, -0.1) is 0 Å². The van der Waals surface area contributed by atoms with E-state index >= 15 is 0 Å². The maximum Gasteiger partial charge on any atom is 0.417 e. The second kappa shape index (κ2) is 6.10. The lowest BCUT2D eigenvalue weighted by Gasteiger charge is -2.08. The van der Waals surface area contributed by atoms with Gasteiger partial charge < -0.3 is 4.74 Å². The summed E-state index contributed by atoms with van der Waals surface area (Å²) in [6.45, 7) is 1.77. The summed E-state index contributed by atoms with van der Waals surface area (Å²) in [6.07, 6.45) is 0.457. The Kier molecular flexibility index (Phi) is 3.99. The molecule has 0 aliphatic rings. The highest BCUT2D eigenvalue weighted by Crippen LogP contribution is 2.14. The summed E-state index contributed by atoms with van der Waals surface area (Å²) >= 11 is 5.77. The van der Waals surface area contributed by atoms with Gasteiger partial charge in [0.2, 0.25) is 5.75 Å². The highest BCUT2D eigenvalue weighted by molar-refractivity contribution is 6.30. The molecule has 0 fully saturated rings. The van der Waals surface area contributed by atoms with E-state index in [9.17, 15) is 9.59 Å². The van der Waals surface area contributed by atoms with E-state index in [1.807, 2.05) is 0 Å². The summed E-state index contributed by atoms with van der Waals surface area (Å²) in [5, 5.41) is 3.06. The lowest BCUT2D eigenvalue weighted by atomic mass is 10.3. The van der Waals surface area contributed by atoms with Crippen LogP contribution in [-0.2, 0) is 0 Å². The van der Waals surface area contributed by atoms with Gasteiger partial charge in [-0.25, -0.2) is 9.78 Å². The number of amides is 1. The minimum Gasteiger partial charge on any atom is -0.402 e. The number of hydrogen-bond acceptors (Lipinski definition) is 4. The van der Waals surface area contributed by atoms with Crippen LogP contribution in [-0.4, -0.2) is 15.5 Å². The molecule has 0 saturated carbocycles. The number of carbonyl (C=O) groups is 1. The number of aryl methyl sites for hydroxylation is 1. The molecule has 0 spiro atoms. The summed E-state index contributed by atoms with van der Waals surface area (Å²) in [7, 11) is 0. The number of rotatable bonds is 2. The fourth-order valence-electron chi connectivity index (χ4n) is 2.10. The molecule has 3 aromatic rings. The topological polar surface area (TPSA) is 72.7 Å². The number of halogens is 1. The maximum atomic E-state index is 12.4. The normalized spacial score (nSPS) is 10.5. The van der Waals surface area contributed by atoms with E-state index in [2.05, 4.69) is 10.3 Å². The van der Waals surface area contributed by atoms with E-state index in [1.165, 1.54) is 10.6 Å². The Labute approximate surface area is 136 Å². The first-order valence-electron chi connectivity index (χ1n) is 6.76. The van der Waals surface area contributed by atoms with Crippen molar-refractivity contribution in [1.82, 2.24) is 9.38 Å². The number of fused-ring (bicyclic) bond motifs is 1. The fraction of sp³-hybridized carbons (Fsp3) is 0.0625. The molecule has 0 aliphatic heterocycles. The van der Waals surface area contributed by atoms with E-state index < -0.39 is 11.7 Å². The summed E-state index contributed by atoms with van der Waals surface area (Å²) < 4.78 is 6.44. The average molecular weight is 330 g/mol. The number of aromatic nitrogens is 2. The number of hydrogen-bond donors (Lipinski definition) is 1. The van der Waals surface area contributed by atoms with Crippen LogP contribution < -0.4 is 15.6 Å². The van der Waals surface area contributed by atoms with Crippen molar-refractivity contribution < 1.29 is 9.53 Å². The van der Waals surface area contributed by atoms with Crippen molar-refractivity contribution in [2.75, 3.05) is 5.32 Å². The van der Waals surface area contributed by atoms with Crippen molar-refractivity contribution >= 4 is 29.0 Å². The zero-order valence-electron chi connectivity index (χ0n) is 12.1. The van der Waals surface area contributed by atoms with Crippen LogP contribution in [0.5, 0.6) is 5.75 Å². The second-order valence-corrected chi connectivity index (χ2v) is 5.25. The molecule has 1 amide bonds. The number of benzene rings is 1. The Morgan fingerprint density at radius 3 is 2.70 bits per heavy atom. The van der Waals surface area contributed by atoms with Crippen LogP contribution in [0.3, 0.4) is 0 Å². The Morgan fingerprint density at radius 1 is 1.22 bits per heavy atom. The largest absolute Gasteiger partial charge is 0.417 e. The van der Waals surface area contributed by atoms with E-state index in [4.69, 9.17) is 16.3 Å². The minimum atomic E-state index is -0.778. The van der Waals surface area contributed by atoms with E-state index in [1.54, 1.807) is 49.4 Å². The summed E-state index contributed by atoms with van der Waals surface area (Å²) in [5.74, 6) is -0.150. The molecule has 116 valence electrons. The van der Waals surface area contributed by atoms with Gasteiger partial charge in [0.15, 0.2) is 0 Å². The van der Waals surface area contributed by atoms with Crippen molar-refractivity contribution in [3.8, 4) is 5.75 Å². The molecule has 0 bridgehead atoms. The third kappa shape index (κ3) is 3.17. The van der Waals surface area contributed by atoms with Crippen LogP contribution in [0.2, 0.25) is 5.02 Å². The molecule has 1 aromatic carbocycles. The monoisotopic (exact) mass is 329 g/mol. The van der Waals surface area contributed by atoms with Gasteiger partial charge in [0.25, 0.3) is 0 Å². The summed E-state index contributed by atoms with van der Waals surface area (Å²) in [6, 6.07) is 11.8. The molecule has 3 rings (SSSR count). The zero-order valence-corrected chi connectivity index (χ0v) is 12.9. The maximum absolute atomic E-state index is 12.4. The molecule has 1 N–H and O–H groups in total. The molecule has 23 heavy (non-hydrogen) atoms. The Bertz CT molecular complexity index is 935. The predicted molar refractivity (Wildman–Crippen MR) is 87.3 cm³/mol. The van der Waals surface area contributed by atoms with Crippen LogP contribution in [0.1, 0.15) is 5.69 Å². The molecule has 0 saturated heterocycles. The highest BCUT2D eigenvalue weighted by atomic mass is 35.5. The predicted octanol–water partition coefficient (Wildman–Crippen LogP) is 3.27. The average Bonchev–Trinajstić information content (AvgIpc) is 2.52. The second-order valence-electron chi connectivity index (χ2n) is 4.81. The van der Waals surface area contributed by atoms with Gasteiger partial charge in [0.05, 0.1) is 6.20 Å². The van der Waals surface area contributed by atoms with Crippen LogP contribution in [0.25, 0.3) is 5.65 Å². The van der Waals surface area contributed by atoms with E-state index in [-0.39, 0.29) is 5.75 Å². The highest BCUT2D eigenvalue weighted by Gasteiger charge is 2.12. The van der Waals surface area contributed by atoms with Crippen molar-refractivity contribution in [3.63, 3.8) is 0 Å². The van der Waals surface area contributed by atoms with Gasteiger partial charge in [0, 0.05) is 16.4 Å². The Hall–Kier alpha value is -2.86. The number of nitrogens with zero attached hydrogens (tertiary/aromatic N) is 2. The van der Waals surface area contributed by atoms with Gasteiger partial charge in [-0.3, -0.25) is 14.5 Å². The fourth-order valence-corrected chi connectivity index (χ4v) is 2.23. The molecule has 0 unspecified atom stereocenters. The van der Waals surface area contributed by atoms with Gasteiger partial charge in [-0.2, -0.15) is 0 Å². The number of ether oxygens (including phenoxy) is 1. The smallest absolute Gasteiger partial charge is 0.402 e. The molecule has 2 heterocycles. The lowest BCUT2D eigenvalue weighted by molar-refractivity contribution is 0.214. The number of anilines is 1. The zero-order chi connectivity index (χ0) is 16.4. The molecule has 7 heteroatoms. The van der Waals surface area contributed by atoms with Crippen molar-refractivity contribution in [3.05, 3.63) is 69.7 Å². The van der Waals surface area contributed by atoms with Crippen molar-refractivity contribution in [1.29, 1.82) is 0 Å². The minimum absolute atomic E-state index is 0.150. The summed E-state index contributed by atoms with van der Waals surface area (Å²) in [4.78, 5) is 28.4. The first kappa shape index (κ1) is 15.1. The third-order valence-electron chi connectivity index (χ3n) is 3.19. The van der Waals surface area contributed by atoms with Crippen LogP contribution in [0.15, 0.2) is 53.5 Å². The molecule has 0 radical (unpaired) electrons. The lowest BCUT2D eigenvalue weighted by Crippen LogP contribution is -2.24.